The van der Waals surface area contributed by atoms with Crippen molar-refractivity contribution in [3.8, 4) is 5.75 Å². The van der Waals surface area contributed by atoms with Gasteiger partial charge in [-0.05, 0) is 42.5 Å². The van der Waals surface area contributed by atoms with Gasteiger partial charge in [0.2, 0.25) is 5.78 Å². The summed E-state index contributed by atoms with van der Waals surface area (Å²) in [5.74, 6) is 0.322. The molecule has 6 nitrogen and oxygen atoms in total. The van der Waals surface area contributed by atoms with Crippen molar-refractivity contribution in [2.75, 3.05) is 19.6 Å². The molecule has 130 valence electrons. The second-order valence-electron chi connectivity index (χ2n) is 4.71. The minimum atomic E-state index is -0.389. The molecule has 2 rings (SSSR count). The molecule has 0 aliphatic carbocycles. The van der Waals surface area contributed by atoms with Crippen LogP contribution in [0.1, 0.15) is 10.4 Å². The van der Waals surface area contributed by atoms with Gasteiger partial charge >= 0.3 is 0 Å². The van der Waals surface area contributed by atoms with Crippen molar-refractivity contribution in [2.45, 2.75) is 0 Å². The number of carbonyl (C=O) groups is 1. The third kappa shape index (κ3) is 5.20. The smallest absolute Gasteiger partial charge is 0.214 e. The van der Waals surface area contributed by atoms with E-state index >= 15 is 0 Å². The number of anilines is 1. The average Bonchev–Trinajstić information content (AvgIpc) is 2.64. The number of nitrogens with zero attached hydrogens (tertiary/aromatic N) is 2. The number of halogens is 2. The van der Waals surface area contributed by atoms with Gasteiger partial charge in [0.25, 0.3) is 0 Å². The van der Waals surface area contributed by atoms with Crippen molar-refractivity contribution >= 4 is 46.6 Å². The van der Waals surface area contributed by atoms with Gasteiger partial charge in [-0.2, -0.15) is 5.10 Å². The van der Waals surface area contributed by atoms with Gasteiger partial charge < -0.3 is 9.57 Å². The molecule has 0 amide bonds. The van der Waals surface area contributed by atoms with Crippen LogP contribution in [-0.2, 0) is 4.84 Å². The third-order valence-electron chi connectivity index (χ3n) is 3.09. The van der Waals surface area contributed by atoms with Gasteiger partial charge in [0.05, 0.1) is 29.1 Å². The molecular formula is C17H15Cl2N3O3. The van der Waals surface area contributed by atoms with E-state index in [0.717, 1.165) is 0 Å². The molecule has 0 heterocycles. The monoisotopic (exact) mass is 379 g/mol. The van der Waals surface area contributed by atoms with Gasteiger partial charge in [-0.1, -0.05) is 28.4 Å². The number of nitrogens with one attached hydrogen (secondary N) is 1. The van der Waals surface area contributed by atoms with Crippen LogP contribution in [-0.4, -0.2) is 31.9 Å². The van der Waals surface area contributed by atoms with Crippen molar-refractivity contribution in [3.05, 3.63) is 58.1 Å². The van der Waals surface area contributed by atoms with Crippen LogP contribution >= 0.6 is 23.2 Å². The first kappa shape index (κ1) is 18.8. The Morgan fingerprint density at radius 2 is 1.80 bits per heavy atom. The molecule has 0 radical (unpaired) electrons. The molecule has 0 saturated carbocycles. The number of hydrogen-bond acceptors (Lipinski definition) is 6. The van der Waals surface area contributed by atoms with E-state index in [1.54, 1.807) is 43.5 Å². The van der Waals surface area contributed by atoms with Crippen LogP contribution < -0.4 is 10.2 Å². The first-order valence-corrected chi connectivity index (χ1v) is 7.84. The largest absolute Gasteiger partial charge is 0.497 e. The Balaban J connectivity index is 2.25. The highest BCUT2D eigenvalue weighted by Crippen LogP contribution is 2.23. The summed E-state index contributed by atoms with van der Waals surface area (Å²) >= 11 is 11.8. The number of Topliss-reactive ketones (excluding diaryl/α,β-unsaturated/α-hetero) is 1. The van der Waals surface area contributed by atoms with Crippen LogP contribution in [0.3, 0.4) is 0 Å². The van der Waals surface area contributed by atoms with E-state index in [9.17, 15) is 4.79 Å². The molecule has 1 N–H and O–H groups in total. The summed E-state index contributed by atoms with van der Waals surface area (Å²) in [5.41, 5.74) is 3.82. The normalized spacial score (nSPS) is 11.4. The third-order valence-corrected chi connectivity index (χ3v) is 3.83. The predicted octanol–water partition coefficient (Wildman–Crippen LogP) is 4.29. The van der Waals surface area contributed by atoms with E-state index in [1.807, 2.05) is 0 Å². The van der Waals surface area contributed by atoms with Crippen molar-refractivity contribution in [2.24, 2.45) is 10.3 Å². The predicted molar refractivity (Wildman–Crippen MR) is 100 cm³/mol. The zero-order valence-electron chi connectivity index (χ0n) is 13.5. The Labute approximate surface area is 155 Å². The van der Waals surface area contributed by atoms with Crippen molar-refractivity contribution in [1.82, 2.24) is 0 Å². The lowest BCUT2D eigenvalue weighted by molar-refractivity contribution is 0.106. The highest BCUT2D eigenvalue weighted by Gasteiger charge is 2.14. The quantitative estimate of drug-likeness (QED) is 0.442. The molecule has 0 aromatic heterocycles. The van der Waals surface area contributed by atoms with Gasteiger partial charge in [0, 0.05) is 5.56 Å². The van der Waals surface area contributed by atoms with Gasteiger partial charge in [0.1, 0.15) is 12.9 Å². The summed E-state index contributed by atoms with van der Waals surface area (Å²) in [6, 6.07) is 11.6. The zero-order valence-corrected chi connectivity index (χ0v) is 15.0. The number of oxime groups is 1. The van der Waals surface area contributed by atoms with E-state index < -0.39 is 0 Å². The molecule has 0 aliphatic rings. The van der Waals surface area contributed by atoms with Crippen LogP contribution in [0.4, 0.5) is 5.69 Å². The summed E-state index contributed by atoms with van der Waals surface area (Å²) in [4.78, 5) is 17.2. The molecule has 25 heavy (non-hydrogen) atoms. The highest BCUT2D eigenvalue weighted by atomic mass is 35.5. The summed E-state index contributed by atoms with van der Waals surface area (Å²) < 4.78 is 5.09. The standard InChI is InChI=1S/C17H15Cl2N3O3/c1-24-13-6-4-12(5-7-13)21-22-16(10-20-25-2)17(23)11-3-8-14(18)15(19)9-11/h3-10,21H,1-2H3/b20-10-,22-16-. The zero-order chi connectivity index (χ0) is 18.2. The number of hydrogen-bond donors (Lipinski definition) is 1. The van der Waals surface area contributed by atoms with Gasteiger partial charge in [-0.3, -0.25) is 10.2 Å². The minimum absolute atomic E-state index is 0.0380. The maximum Gasteiger partial charge on any atom is 0.214 e. The van der Waals surface area contributed by atoms with Crippen LogP contribution in [0.15, 0.2) is 52.7 Å². The number of ketones is 1. The molecule has 0 unspecified atom stereocenters. The molecule has 0 spiro atoms. The highest BCUT2D eigenvalue weighted by molar-refractivity contribution is 6.65. The van der Waals surface area contributed by atoms with E-state index in [1.165, 1.54) is 19.4 Å². The maximum absolute atomic E-state index is 12.6. The second kappa shape index (κ2) is 9.05. The first-order valence-electron chi connectivity index (χ1n) is 7.09. The Bertz CT molecular complexity index is 805. The SMILES string of the molecule is CO/N=C\C(=N\Nc1ccc(OC)cc1)C(=O)c1ccc(Cl)c(Cl)c1. The Hall–Kier alpha value is -2.57. The van der Waals surface area contributed by atoms with Crippen LogP contribution in [0.5, 0.6) is 5.75 Å². The maximum atomic E-state index is 12.6. The van der Waals surface area contributed by atoms with Gasteiger partial charge in [0.15, 0.2) is 5.71 Å². The van der Waals surface area contributed by atoms with E-state index in [2.05, 4.69) is 20.5 Å². The molecule has 0 fully saturated rings. The van der Waals surface area contributed by atoms with Gasteiger partial charge in [-0.25, -0.2) is 0 Å². The molecule has 0 bridgehead atoms. The molecular weight excluding hydrogens is 365 g/mol. The summed E-state index contributed by atoms with van der Waals surface area (Å²) in [6.07, 6.45) is 1.21. The number of rotatable bonds is 7. The Morgan fingerprint density at radius 1 is 1.08 bits per heavy atom. The summed E-state index contributed by atoms with van der Waals surface area (Å²) in [6.45, 7) is 0. The summed E-state index contributed by atoms with van der Waals surface area (Å²) in [7, 11) is 2.95. The number of benzene rings is 2. The first-order chi connectivity index (χ1) is 12.0. The fraction of sp³-hybridized carbons (Fsp3) is 0.118. The van der Waals surface area contributed by atoms with Gasteiger partial charge in [-0.15, -0.1) is 0 Å². The second-order valence-corrected chi connectivity index (χ2v) is 5.53. The minimum Gasteiger partial charge on any atom is -0.497 e. The lowest BCUT2D eigenvalue weighted by atomic mass is 10.1. The average molecular weight is 380 g/mol. The number of ether oxygens (including phenoxy) is 1. The number of carbonyl (C=O) groups excluding carboxylic acids is 1. The van der Waals surface area contributed by atoms with Crippen LogP contribution in [0, 0.1) is 0 Å². The lowest BCUT2D eigenvalue weighted by Crippen LogP contribution is -2.18. The van der Waals surface area contributed by atoms with Crippen molar-refractivity contribution in [1.29, 1.82) is 0 Å². The van der Waals surface area contributed by atoms with E-state index in [0.29, 0.717) is 22.0 Å². The molecule has 2 aromatic rings. The lowest BCUT2D eigenvalue weighted by Gasteiger charge is -2.05. The summed E-state index contributed by atoms with van der Waals surface area (Å²) in [5, 5.41) is 8.33. The Kier molecular flexibility index (Phi) is 6.80. The van der Waals surface area contributed by atoms with Crippen LogP contribution in [0.2, 0.25) is 10.0 Å². The van der Waals surface area contributed by atoms with Crippen molar-refractivity contribution < 1.29 is 14.4 Å². The molecule has 0 atom stereocenters. The van der Waals surface area contributed by atoms with Crippen LogP contribution in [0.25, 0.3) is 0 Å². The molecule has 2 aromatic carbocycles. The molecule has 0 saturated heterocycles. The molecule has 0 aliphatic heterocycles. The van der Waals surface area contributed by atoms with Crippen molar-refractivity contribution in [3.63, 3.8) is 0 Å². The van der Waals surface area contributed by atoms with E-state index in [-0.39, 0.29) is 16.5 Å². The Morgan fingerprint density at radius 3 is 2.40 bits per heavy atom. The number of hydrazone groups is 1. The number of methoxy groups -OCH3 is 1. The fourth-order valence-electron chi connectivity index (χ4n) is 1.82. The van der Waals surface area contributed by atoms with E-state index in [4.69, 9.17) is 27.9 Å². The fourth-order valence-corrected chi connectivity index (χ4v) is 2.11. The topological polar surface area (TPSA) is 72.3 Å². The molecule has 8 heteroatoms.